The van der Waals surface area contributed by atoms with Crippen molar-refractivity contribution < 1.29 is 18.0 Å². The van der Waals surface area contributed by atoms with E-state index in [1.54, 1.807) is 6.20 Å². The van der Waals surface area contributed by atoms with Gasteiger partial charge in [-0.25, -0.2) is 9.78 Å². The summed E-state index contributed by atoms with van der Waals surface area (Å²) in [4.78, 5) is 42.5. The highest BCUT2D eigenvalue weighted by Crippen LogP contribution is 2.35. The number of halogens is 3. The van der Waals surface area contributed by atoms with Crippen molar-refractivity contribution >= 4 is 34.4 Å². The Balaban J connectivity index is 1.99. The lowest BCUT2D eigenvalue weighted by Gasteiger charge is -2.16. The molecule has 0 bridgehead atoms. The quantitative estimate of drug-likeness (QED) is 0.545. The molecule has 2 heterocycles. The van der Waals surface area contributed by atoms with Crippen LogP contribution < -0.4 is 16.6 Å². The van der Waals surface area contributed by atoms with Gasteiger partial charge in [0.05, 0.1) is 22.4 Å². The highest BCUT2D eigenvalue weighted by molar-refractivity contribution is 8.00. The molecule has 3 aromatic rings. The molecule has 1 N–H and O–H groups in total. The second kappa shape index (κ2) is 9.42. The fourth-order valence-corrected chi connectivity index (χ4v) is 4.45. The highest BCUT2D eigenvalue weighted by Gasteiger charge is 2.33. The zero-order valence-corrected chi connectivity index (χ0v) is 19.3. The number of rotatable bonds is 6. The fraction of sp³-hybridized carbons (Fsp3) is 0.364. The number of alkyl halides is 3. The second-order valence-electron chi connectivity index (χ2n) is 8.00. The van der Waals surface area contributed by atoms with Gasteiger partial charge in [0.15, 0.2) is 0 Å². The van der Waals surface area contributed by atoms with Crippen LogP contribution in [0.15, 0.2) is 44.9 Å². The summed E-state index contributed by atoms with van der Waals surface area (Å²) in [5.74, 6) is -0.672. The van der Waals surface area contributed by atoms with E-state index in [1.165, 1.54) is 36.9 Å². The van der Waals surface area contributed by atoms with Crippen molar-refractivity contribution in [3.63, 3.8) is 0 Å². The molecular formula is C22H23F3N4O3S. The van der Waals surface area contributed by atoms with E-state index in [0.717, 1.165) is 28.0 Å². The Morgan fingerprint density at radius 3 is 2.45 bits per heavy atom. The molecule has 0 aliphatic rings. The molecule has 0 atom stereocenters. The molecule has 0 aliphatic heterocycles. The van der Waals surface area contributed by atoms with Crippen LogP contribution in [0.3, 0.4) is 0 Å². The van der Waals surface area contributed by atoms with Crippen LogP contribution in [-0.4, -0.2) is 25.8 Å². The van der Waals surface area contributed by atoms with Gasteiger partial charge in [-0.3, -0.25) is 18.7 Å². The van der Waals surface area contributed by atoms with Gasteiger partial charge in [0.2, 0.25) is 5.91 Å². The number of carbonyl (C=O) groups excluding carboxylic acids is 1. The summed E-state index contributed by atoms with van der Waals surface area (Å²) in [7, 11) is 2.85. The topological polar surface area (TPSA) is 86.0 Å². The van der Waals surface area contributed by atoms with E-state index in [2.05, 4.69) is 10.3 Å². The van der Waals surface area contributed by atoms with E-state index < -0.39 is 28.9 Å². The number of anilines is 1. The molecule has 1 amide bonds. The zero-order chi connectivity index (χ0) is 24.5. The molecule has 0 fully saturated rings. The van der Waals surface area contributed by atoms with Gasteiger partial charge >= 0.3 is 11.9 Å². The van der Waals surface area contributed by atoms with Gasteiger partial charge < -0.3 is 5.32 Å². The minimum atomic E-state index is -4.61. The average molecular weight is 481 g/mol. The molecule has 0 saturated heterocycles. The standard InChI is InChI=1S/C22H23F3N4O3S/c1-12(2)9-13-10-26-19-17(20(31)29(4)21(32)28(19)3)18(13)33-11-16(30)27-15-8-6-5-7-14(15)22(23,24)25/h5-8,10,12H,9,11H2,1-4H3,(H,27,30). The third kappa shape index (κ3) is 5.13. The summed E-state index contributed by atoms with van der Waals surface area (Å²) >= 11 is 1.03. The largest absolute Gasteiger partial charge is 0.418 e. The first-order chi connectivity index (χ1) is 15.4. The van der Waals surface area contributed by atoms with Crippen molar-refractivity contribution in [3.8, 4) is 0 Å². The number of nitrogens with one attached hydrogen (secondary N) is 1. The summed E-state index contributed by atoms with van der Waals surface area (Å²) in [6.45, 7) is 3.97. The Morgan fingerprint density at radius 1 is 1.15 bits per heavy atom. The SMILES string of the molecule is CC(C)Cc1cnc2c(c1SCC(=O)Nc1ccccc1C(F)(F)F)c(=O)n(C)c(=O)n2C. The van der Waals surface area contributed by atoms with Crippen LogP contribution in [0.2, 0.25) is 0 Å². The number of aryl methyl sites for hydroxylation is 1. The van der Waals surface area contributed by atoms with E-state index in [1.807, 2.05) is 13.8 Å². The molecule has 0 unspecified atom stereocenters. The molecule has 1 aromatic carbocycles. The molecule has 0 aliphatic carbocycles. The van der Waals surface area contributed by atoms with Crippen LogP contribution in [0, 0.1) is 5.92 Å². The average Bonchev–Trinajstić information content (AvgIpc) is 2.74. The minimum Gasteiger partial charge on any atom is -0.325 e. The Labute approximate surface area is 191 Å². The molecule has 3 rings (SSSR count). The summed E-state index contributed by atoms with van der Waals surface area (Å²) < 4.78 is 41.9. The Kier molecular flexibility index (Phi) is 7.01. The lowest BCUT2D eigenvalue weighted by Crippen LogP contribution is -2.37. The number of para-hydroxylation sites is 1. The molecule has 33 heavy (non-hydrogen) atoms. The third-order valence-corrected chi connectivity index (χ3v) is 6.14. The number of carbonyl (C=O) groups is 1. The summed E-state index contributed by atoms with van der Waals surface area (Å²) in [5, 5.41) is 2.51. The summed E-state index contributed by atoms with van der Waals surface area (Å²) in [6.07, 6.45) is -2.48. The highest BCUT2D eigenvalue weighted by atomic mass is 32.2. The van der Waals surface area contributed by atoms with Crippen LogP contribution in [0.1, 0.15) is 25.0 Å². The Hall–Kier alpha value is -3.08. The van der Waals surface area contributed by atoms with Gasteiger partial charge in [-0.2, -0.15) is 13.2 Å². The number of fused-ring (bicyclic) bond motifs is 1. The van der Waals surface area contributed by atoms with E-state index in [9.17, 15) is 27.6 Å². The maximum absolute atomic E-state index is 13.2. The van der Waals surface area contributed by atoms with Crippen LogP contribution >= 0.6 is 11.8 Å². The third-order valence-electron chi connectivity index (χ3n) is 4.98. The lowest BCUT2D eigenvalue weighted by atomic mass is 10.0. The van der Waals surface area contributed by atoms with E-state index in [4.69, 9.17) is 0 Å². The zero-order valence-electron chi connectivity index (χ0n) is 18.5. The molecule has 0 saturated carbocycles. The molecule has 0 spiro atoms. The van der Waals surface area contributed by atoms with E-state index in [-0.39, 0.29) is 28.4 Å². The monoisotopic (exact) mass is 480 g/mol. The van der Waals surface area contributed by atoms with Gasteiger partial charge in [-0.05, 0) is 30.0 Å². The van der Waals surface area contributed by atoms with E-state index in [0.29, 0.717) is 11.3 Å². The van der Waals surface area contributed by atoms with Gasteiger partial charge in [0, 0.05) is 25.2 Å². The molecule has 0 radical (unpaired) electrons. The first kappa shape index (κ1) is 24.6. The number of pyridine rings is 1. The minimum absolute atomic E-state index is 0.181. The lowest BCUT2D eigenvalue weighted by molar-refractivity contribution is -0.137. The van der Waals surface area contributed by atoms with Crippen molar-refractivity contribution in [3.05, 3.63) is 62.4 Å². The number of amides is 1. The normalized spacial score (nSPS) is 11.9. The number of benzene rings is 1. The summed E-state index contributed by atoms with van der Waals surface area (Å²) in [5.41, 5.74) is -1.45. The number of hydrogen-bond acceptors (Lipinski definition) is 5. The first-order valence-corrected chi connectivity index (χ1v) is 11.1. The molecule has 2 aromatic heterocycles. The Morgan fingerprint density at radius 2 is 1.82 bits per heavy atom. The van der Waals surface area contributed by atoms with Crippen molar-refractivity contribution in [2.24, 2.45) is 20.0 Å². The molecular weight excluding hydrogens is 457 g/mol. The van der Waals surface area contributed by atoms with Crippen molar-refractivity contribution in [2.45, 2.75) is 31.3 Å². The van der Waals surface area contributed by atoms with E-state index >= 15 is 0 Å². The first-order valence-electron chi connectivity index (χ1n) is 10.1. The van der Waals surface area contributed by atoms with Crippen LogP contribution in [0.25, 0.3) is 11.0 Å². The van der Waals surface area contributed by atoms with Gasteiger partial charge in [-0.1, -0.05) is 26.0 Å². The van der Waals surface area contributed by atoms with Crippen molar-refractivity contribution in [1.29, 1.82) is 0 Å². The maximum atomic E-state index is 13.2. The van der Waals surface area contributed by atoms with Crippen molar-refractivity contribution in [1.82, 2.24) is 14.1 Å². The summed E-state index contributed by atoms with van der Waals surface area (Å²) in [6, 6.07) is 4.72. The molecule has 7 nitrogen and oxygen atoms in total. The van der Waals surface area contributed by atoms with Gasteiger partial charge in [0.25, 0.3) is 5.56 Å². The number of aromatic nitrogens is 3. The fourth-order valence-electron chi connectivity index (χ4n) is 3.45. The predicted molar refractivity (Wildman–Crippen MR) is 122 cm³/mol. The smallest absolute Gasteiger partial charge is 0.325 e. The Bertz CT molecular complexity index is 1330. The van der Waals surface area contributed by atoms with Gasteiger partial charge in [-0.15, -0.1) is 11.8 Å². The number of thioether (sulfide) groups is 1. The van der Waals surface area contributed by atoms with Crippen molar-refractivity contribution in [2.75, 3.05) is 11.1 Å². The second-order valence-corrected chi connectivity index (χ2v) is 8.98. The maximum Gasteiger partial charge on any atom is 0.418 e. The van der Waals surface area contributed by atoms with Gasteiger partial charge in [0.1, 0.15) is 5.65 Å². The predicted octanol–water partition coefficient (Wildman–Crippen LogP) is 3.58. The molecule has 176 valence electrons. The number of hydrogen-bond donors (Lipinski definition) is 1. The van der Waals surface area contributed by atoms with Crippen LogP contribution in [-0.2, 0) is 31.5 Å². The van der Waals surface area contributed by atoms with Crippen LogP contribution in [0.5, 0.6) is 0 Å². The van der Waals surface area contributed by atoms with Crippen LogP contribution in [0.4, 0.5) is 18.9 Å². The molecule has 11 heteroatoms. The number of nitrogens with zero attached hydrogens (tertiary/aromatic N) is 3.